The molecule has 2 heteroatoms. The van der Waals surface area contributed by atoms with Crippen molar-refractivity contribution < 1.29 is 0 Å². The Hall–Kier alpha value is -1.33. The summed E-state index contributed by atoms with van der Waals surface area (Å²) in [7, 11) is 0. The number of nitriles is 1. The highest BCUT2D eigenvalue weighted by molar-refractivity contribution is 5.23. The number of hydrogen-bond donors (Lipinski definition) is 1. The molecule has 1 fully saturated rings. The maximum Gasteiger partial charge on any atom is 0.0672 e. The van der Waals surface area contributed by atoms with Crippen LogP contribution in [-0.4, -0.2) is 6.04 Å². The van der Waals surface area contributed by atoms with Gasteiger partial charge in [0.05, 0.1) is 12.0 Å². The third kappa shape index (κ3) is 3.81. The van der Waals surface area contributed by atoms with Crippen LogP contribution in [0.3, 0.4) is 0 Å². The quantitative estimate of drug-likeness (QED) is 0.826. The largest absolute Gasteiger partial charge is 0.306 e. The lowest BCUT2D eigenvalue weighted by atomic mass is 9.94. The van der Waals surface area contributed by atoms with Gasteiger partial charge in [0.2, 0.25) is 0 Å². The van der Waals surface area contributed by atoms with Crippen molar-refractivity contribution in [2.45, 2.75) is 58.0 Å². The first-order chi connectivity index (χ1) is 9.20. The lowest BCUT2D eigenvalue weighted by Crippen LogP contribution is -2.36. The summed E-state index contributed by atoms with van der Waals surface area (Å²) in [4.78, 5) is 0. The van der Waals surface area contributed by atoms with Gasteiger partial charge >= 0.3 is 0 Å². The molecule has 2 rings (SSSR count). The second kappa shape index (κ2) is 6.73. The van der Waals surface area contributed by atoms with Crippen LogP contribution in [0.5, 0.6) is 0 Å². The molecular formula is C17H24N2. The van der Waals surface area contributed by atoms with E-state index in [2.05, 4.69) is 49.5 Å². The number of hydrogen-bond acceptors (Lipinski definition) is 2. The highest BCUT2D eigenvalue weighted by Crippen LogP contribution is 2.25. The van der Waals surface area contributed by atoms with E-state index in [1.165, 1.54) is 30.4 Å². The fraction of sp³-hybridized carbons (Fsp3) is 0.588. The molecule has 0 amide bonds. The van der Waals surface area contributed by atoms with Crippen LogP contribution in [0, 0.1) is 24.2 Å². The Morgan fingerprint density at radius 3 is 2.53 bits per heavy atom. The fourth-order valence-corrected chi connectivity index (χ4v) is 2.93. The third-order valence-corrected chi connectivity index (χ3v) is 4.22. The minimum atomic E-state index is 0.176. The molecule has 1 aliphatic carbocycles. The molecule has 0 bridgehead atoms. The Labute approximate surface area is 116 Å². The predicted octanol–water partition coefficient (Wildman–Crippen LogP) is 4.12. The van der Waals surface area contributed by atoms with E-state index in [0.29, 0.717) is 12.1 Å². The molecule has 19 heavy (non-hydrogen) atoms. The molecule has 2 unspecified atom stereocenters. The van der Waals surface area contributed by atoms with E-state index in [1.807, 2.05) is 0 Å². The Kier molecular flexibility index (Phi) is 4.99. The molecule has 1 N–H and O–H groups in total. The van der Waals surface area contributed by atoms with Gasteiger partial charge in [0.1, 0.15) is 0 Å². The molecule has 0 heterocycles. The van der Waals surface area contributed by atoms with Crippen molar-refractivity contribution >= 4 is 0 Å². The van der Waals surface area contributed by atoms with E-state index in [-0.39, 0.29) is 5.92 Å². The van der Waals surface area contributed by atoms with E-state index in [0.717, 1.165) is 12.8 Å². The zero-order chi connectivity index (χ0) is 13.7. The van der Waals surface area contributed by atoms with Crippen molar-refractivity contribution in [1.82, 2.24) is 5.32 Å². The van der Waals surface area contributed by atoms with Crippen LogP contribution in [0.4, 0.5) is 0 Å². The molecule has 0 aliphatic heterocycles. The van der Waals surface area contributed by atoms with Crippen LogP contribution in [-0.2, 0) is 0 Å². The molecule has 2 nitrogen and oxygen atoms in total. The van der Waals surface area contributed by atoms with Gasteiger partial charge in [0, 0.05) is 12.1 Å². The third-order valence-electron chi connectivity index (χ3n) is 4.22. The number of benzene rings is 1. The summed E-state index contributed by atoms with van der Waals surface area (Å²) < 4.78 is 0. The first-order valence-corrected chi connectivity index (χ1v) is 7.43. The van der Waals surface area contributed by atoms with Crippen LogP contribution in [0.2, 0.25) is 0 Å². The first kappa shape index (κ1) is 14.1. The summed E-state index contributed by atoms with van der Waals surface area (Å²) in [5, 5.41) is 13.0. The normalized spacial score (nSPS) is 25.3. The van der Waals surface area contributed by atoms with E-state index in [9.17, 15) is 5.26 Å². The molecule has 102 valence electrons. The number of rotatable bonds is 3. The maximum absolute atomic E-state index is 9.32. The number of nitrogens with zero attached hydrogens (tertiary/aromatic N) is 1. The highest BCUT2D eigenvalue weighted by Gasteiger charge is 2.24. The minimum Gasteiger partial charge on any atom is -0.306 e. The summed E-state index contributed by atoms with van der Waals surface area (Å²) in [5.74, 6) is 0.176. The Bertz CT molecular complexity index is 430. The van der Waals surface area contributed by atoms with Gasteiger partial charge in [-0.1, -0.05) is 49.1 Å². The molecule has 1 aliphatic rings. The molecule has 3 atom stereocenters. The van der Waals surface area contributed by atoms with E-state index < -0.39 is 0 Å². The van der Waals surface area contributed by atoms with Gasteiger partial charge in [-0.15, -0.1) is 0 Å². The minimum absolute atomic E-state index is 0.176. The van der Waals surface area contributed by atoms with Crippen LogP contribution in [0.15, 0.2) is 24.3 Å². The number of nitrogens with one attached hydrogen (secondary N) is 1. The smallest absolute Gasteiger partial charge is 0.0672 e. The first-order valence-electron chi connectivity index (χ1n) is 7.43. The Balaban J connectivity index is 2.02. The van der Waals surface area contributed by atoms with Gasteiger partial charge in [0.25, 0.3) is 0 Å². The molecular weight excluding hydrogens is 232 g/mol. The lowest BCUT2D eigenvalue weighted by Gasteiger charge is -2.25. The maximum atomic E-state index is 9.32. The summed E-state index contributed by atoms with van der Waals surface area (Å²) in [6, 6.07) is 11.8. The molecule has 1 aromatic carbocycles. The summed E-state index contributed by atoms with van der Waals surface area (Å²) in [6.45, 7) is 4.31. The van der Waals surface area contributed by atoms with Crippen LogP contribution in [0.25, 0.3) is 0 Å². The van der Waals surface area contributed by atoms with Crippen LogP contribution in [0.1, 0.15) is 56.2 Å². The molecule has 0 radical (unpaired) electrons. The Morgan fingerprint density at radius 2 is 1.84 bits per heavy atom. The molecule has 0 saturated heterocycles. The predicted molar refractivity (Wildman–Crippen MR) is 78.7 cm³/mol. The zero-order valence-electron chi connectivity index (χ0n) is 12.0. The van der Waals surface area contributed by atoms with Crippen molar-refractivity contribution in [2.75, 3.05) is 0 Å². The Morgan fingerprint density at radius 1 is 1.16 bits per heavy atom. The molecule has 0 aromatic heterocycles. The SMILES string of the molecule is Cc1ccc([C@H](C)NC2CCCCCC2C#N)cc1. The number of aryl methyl sites for hydroxylation is 1. The highest BCUT2D eigenvalue weighted by atomic mass is 15.0. The van der Waals surface area contributed by atoms with Crippen LogP contribution < -0.4 is 5.32 Å². The van der Waals surface area contributed by atoms with Gasteiger partial charge in [-0.25, -0.2) is 0 Å². The van der Waals surface area contributed by atoms with Gasteiger partial charge in [-0.2, -0.15) is 5.26 Å². The van der Waals surface area contributed by atoms with Gasteiger partial charge < -0.3 is 5.32 Å². The molecule has 0 spiro atoms. The molecule has 1 aromatic rings. The van der Waals surface area contributed by atoms with E-state index in [4.69, 9.17) is 0 Å². The van der Waals surface area contributed by atoms with Crippen molar-refractivity contribution in [3.63, 3.8) is 0 Å². The zero-order valence-corrected chi connectivity index (χ0v) is 12.0. The molecule has 1 saturated carbocycles. The average Bonchev–Trinajstić information content (AvgIpc) is 2.64. The summed E-state index contributed by atoms with van der Waals surface area (Å²) in [6.07, 6.45) is 5.91. The lowest BCUT2D eigenvalue weighted by molar-refractivity contribution is 0.361. The second-order valence-electron chi connectivity index (χ2n) is 5.78. The van der Waals surface area contributed by atoms with Crippen molar-refractivity contribution in [3.05, 3.63) is 35.4 Å². The average molecular weight is 256 g/mol. The monoisotopic (exact) mass is 256 g/mol. The topological polar surface area (TPSA) is 35.8 Å². The fourth-order valence-electron chi connectivity index (χ4n) is 2.93. The van der Waals surface area contributed by atoms with Gasteiger partial charge in [-0.3, -0.25) is 0 Å². The van der Waals surface area contributed by atoms with E-state index in [1.54, 1.807) is 0 Å². The summed E-state index contributed by atoms with van der Waals surface area (Å²) >= 11 is 0. The van der Waals surface area contributed by atoms with Crippen LogP contribution >= 0.6 is 0 Å². The van der Waals surface area contributed by atoms with Gasteiger partial charge in [0.15, 0.2) is 0 Å². The van der Waals surface area contributed by atoms with Crippen molar-refractivity contribution in [2.24, 2.45) is 5.92 Å². The van der Waals surface area contributed by atoms with E-state index >= 15 is 0 Å². The second-order valence-corrected chi connectivity index (χ2v) is 5.78. The van der Waals surface area contributed by atoms with Crippen molar-refractivity contribution in [3.8, 4) is 6.07 Å². The summed E-state index contributed by atoms with van der Waals surface area (Å²) in [5.41, 5.74) is 2.60. The van der Waals surface area contributed by atoms with Gasteiger partial charge in [-0.05, 0) is 32.3 Å². The van der Waals surface area contributed by atoms with Crippen molar-refractivity contribution in [1.29, 1.82) is 5.26 Å². The standard InChI is InChI=1S/C17H24N2/c1-13-8-10-15(11-9-13)14(2)19-17-7-5-3-4-6-16(17)12-18/h8-11,14,16-17,19H,3-7H2,1-2H3/t14-,16?,17?/m0/s1.